The minimum atomic E-state index is -0.00504. The highest BCUT2D eigenvalue weighted by atomic mass is 16.5. The summed E-state index contributed by atoms with van der Waals surface area (Å²) in [6.07, 6.45) is 3.17. The molecule has 1 fully saturated rings. The van der Waals surface area contributed by atoms with E-state index in [9.17, 15) is 4.79 Å². The molecular weight excluding hydrogens is 374 g/mol. The van der Waals surface area contributed by atoms with Crippen molar-refractivity contribution in [2.24, 2.45) is 5.92 Å². The van der Waals surface area contributed by atoms with Crippen molar-refractivity contribution in [3.63, 3.8) is 0 Å². The molecule has 5 heteroatoms. The maximum absolute atomic E-state index is 12.6. The normalized spacial score (nSPS) is 17.0. The van der Waals surface area contributed by atoms with Gasteiger partial charge in [0.1, 0.15) is 0 Å². The lowest BCUT2D eigenvalue weighted by Crippen LogP contribution is -2.40. The number of hydrogen-bond acceptors (Lipinski definition) is 4. The first-order chi connectivity index (χ1) is 14.7. The zero-order chi connectivity index (χ0) is 20.8. The van der Waals surface area contributed by atoms with E-state index in [-0.39, 0.29) is 5.91 Å². The van der Waals surface area contributed by atoms with Crippen molar-refractivity contribution in [3.8, 4) is 11.1 Å². The molecule has 0 aliphatic carbocycles. The lowest BCUT2D eigenvalue weighted by Gasteiger charge is -2.32. The third-order valence-corrected chi connectivity index (χ3v) is 5.76. The highest BCUT2D eigenvalue weighted by Gasteiger charge is 2.22. The summed E-state index contributed by atoms with van der Waals surface area (Å²) in [6, 6.07) is 20.1. The van der Waals surface area contributed by atoms with Gasteiger partial charge in [0.2, 0.25) is 0 Å². The van der Waals surface area contributed by atoms with E-state index in [0.717, 1.165) is 61.5 Å². The van der Waals surface area contributed by atoms with Crippen LogP contribution in [0.15, 0.2) is 65.2 Å². The van der Waals surface area contributed by atoms with E-state index in [1.54, 1.807) is 0 Å². The summed E-state index contributed by atoms with van der Waals surface area (Å²) in [7, 11) is 0. The molecule has 5 nitrogen and oxygen atoms in total. The third-order valence-electron chi connectivity index (χ3n) is 5.76. The highest BCUT2D eigenvalue weighted by molar-refractivity contribution is 5.94. The Labute approximate surface area is 178 Å². The molecule has 1 amide bonds. The van der Waals surface area contributed by atoms with Crippen LogP contribution in [0.4, 0.5) is 0 Å². The summed E-state index contributed by atoms with van der Waals surface area (Å²) < 4.78 is 5.43. The predicted molar refractivity (Wildman–Crippen MR) is 118 cm³/mol. The van der Waals surface area contributed by atoms with Gasteiger partial charge in [-0.25, -0.2) is 0 Å². The lowest BCUT2D eigenvalue weighted by molar-refractivity contribution is 0.0927. The molecule has 3 aromatic rings. The van der Waals surface area contributed by atoms with Gasteiger partial charge in [-0.05, 0) is 55.0 Å². The molecule has 4 rings (SSSR count). The van der Waals surface area contributed by atoms with E-state index in [2.05, 4.69) is 34.4 Å². The first-order valence-electron chi connectivity index (χ1n) is 10.8. The van der Waals surface area contributed by atoms with Crippen molar-refractivity contribution in [2.45, 2.75) is 32.7 Å². The second-order valence-corrected chi connectivity index (χ2v) is 8.03. The number of aryl methyl sites for hydroxylation is 1. The highest BCUT2D eigenvalue weighted by Crippen LogP contribution is 2.20. The molecule has 30 heavy (non-hydrogen) atoms. The summed E-state index contributed by atoms with van der Waals surface area (Å²) in [5, 5.41) is 7.20. The Morgan fingerprint density at radius 3 is 2.63 bits per heavy atom. The molecule has 0 saturated carbocycles. The molecule has 0 unspecified atom stereocenters. The topological polar surface area (TPSA) is 58.4 Å². The predicted octanol–water partition coefficient (Wildman–Crippen LogP) is 4.55. The second-order valence-electron chi connectivity index (χ2n) is 8.03. The van der Waals surface area contributed by atoms with E-state index in [0.29, 0.717) is 18.0 Å². The Morgan fingerprint density at radius 2 is 1.90 bits per heavy atom. The maximum Gasteiger partial charge on any atom is 0.251 e. The Kier molecular flexibility index (Phi) is 6.60. The minimum absolute atomic E-state index is 0.00504. The fraction of sp³-hybridized carbons (Fsp3) is 0.360. The van der Waals surface area contributed by atoms with Gasteiger partial charge in [-0.3, -0.25) is 9.69 Å². The van der Waals surface area contributed by atoms with Crippen LogP contribution in [0, 0.1) is 5.92 Å². The van der Waals surface area contributed by atoms with E-state index < -0.39 is 0 Å². The minimum Gasteiger partial charge on any atom is -0.360 e. The quantitative estimate of drug-likeness (QED) is 0.629. The van der Waals surface area contributed by atoms with Crippen LogP contribution < -0.4 is 5.32 Å². The largest absolute Gasteiger partial charge is 0.360 e. The Bertz CT molecular complexity index is 950. The Morgan fingerprint density at radius 1 is 1.13 bits per heavy atom. The number of piperidine rings is 1. The van der Waals surface area contributed by atoms with Gasteiger partial charge < -0.3 is 9.84 Å². The van der Waals surface area contributed by atoms with Crippen LogP contribution in [0.3, 0.4) is 0 Å². The number of rotatable bonds is 7. The number of carbonyl (C=O) groups excluding carboxylic acids is 1. The first kappa shape index (κ1) is 20.4. The number of likely N-dealkylation sites (tertiary alicyclic amines) is 1. The van der Waals surface area contributed by atoms with Gasteiger partial charge in [-0.15, -0.1) is 0 Å². The van der Waals surface area contributed by atoms with Crippen molar-refractivity contribution in [2.75, 3.05) is 19.6 Å². The molecular formula is C25H29N3O2. The van der Waals surface area contributed by atoms with Crippen LogP contribution >= 0.6 is 0 Å². The molecule has 1 aliphatic rings. The molecule has 1 atom stereocenters. The van der Waals surface area contributed by atoms with Crippen LogP contribution in [0.5, 0.6) is 0 Å². The maximum atomic E-state index is 12.6. The molecule has 0 bridgehead atoms. The van der Waals surface area contributed by atoms with E-state index >= 15 is 0 Å². The van der Waals surface area contributed by atoms with Crippen LogP contribution in [-0.4, -0.2) is 35.6 Å². The molecule has 1 aliphatic heterocycles. The van der Waals surface area contributed by atoms with Gasteiger partial charge in [0.05, 0.1) is 12.2 Å². The summed E-state index contributed by atoms with van der Waals surface area (Å²) in [5.41, 5.74) is 3.98. The van der Waals surface area contributed by atoms with Crippen LogP contribution in [0.25, 0.3) is 11.1 Å². The van der Waals surface area contributed by atoms with Gasteiger partial charge in [-0.1, -0.05) is 54.5 Å². The number of aromatic nitrogens is 1. The van der Waals surface area contributed by atoms with Gasteiger partial charge in [0, 0.05) is 24.7 Å². The number of carbonyl (C=O) groups is 1. The van der Waals surface area contributed by atoms with Crippen molar-refractivity contribution >= 4 is 5.91 Å². The number of nitrogens with one attached hydrogen (secondary N) is 1. The summed E-state index contributed by atoms with van der Waals surface area (Å²) in [6.45, 7) is 5.60. The molecule has 0 radical (unpaired) electrons. The smallest absolute Gasteiger partial charge is 0.251 e. The SMILES string of the molecule is CCc1cc(CN2CCC[C@H](CNC(=O)c3ccc(-c4ccccc4)cc3)C2)on1. The van der Waals surface area contributed by atoms with Crippen molar-refractivity contribution < 1.29 is 9.32 Å². The molecule has 1 N–H and O–H groups in total. The fourth-order valence-corrected chi connectivity index (χ4v) is 4.06. The zero-order valence-electron chi connectivity index (χ0n) is 17.5. The molecule has 0 spiro atoms. The second kappa shape index (κ2) is 9.72. The van der Waals surface area contributed by atoms with E-state index in [4.69, 9.17) is 4.52 Å². The zero-order valence-corrected chi connectivity index (χ0v) is 17.5. The molecule has 1 aromatic heterocycles. The van der Waals surface area contributed by atoms with Gasteiger partial charge >= 0.3 is 0 Å². The number of benzene rings is 2. The molecule has 1 saturated heterocycles. The van der Waals surface area contributed by atoms with Gasteiger partial charge in [0.25, 0.3) is 5.91 Å². The first-order valence-corrected chi connectivity index (χ1v) is 10.8. The van der Waals surface area contributed by atoms with E-state index in [1.165, 1.54) is 0 Å². The van der Waals surface area contributed by atoms with Crippen molar-refractivity contribution in [1.29, 1.82) is 0 Å². The average molecular weight is 404 g/mol. The molecule has 2 aromatic carbocycles. The number of amides is 1. The summed E-state index contributed by atoms with van der Waals surface area (Å²) in [5.74, 6) is 1.38. The molecule has 156 valence electrons. The number of hydrogen-bond donors (Lipinski definition) is 1. The van der Waals surface area contributed by atoms with Crippen molar-refractivity contribution in [1.82, 2.24) is 15.4 Å². The van der Waals surface area contributed by atoms with Crippen LogP contribution in [0.1, 0.15) is 41.6 Å². The lowest BCUT2D eigenvalue weighted by atomic mass is 9.97. The average Bonchev–Trinajstić information content (AvgIpc) is 3.26. The van der Waals surface area contributed by atoms with Gasteiger partial charge in [-0.2, -0.15) is 0 Å². The molecule has 2 heterocycles. The third kappa shape index (κ3) is 5.16. The summed E-state index contributed by atoms with van der Waals surface area (Å²) in [4.78, 5) is 15.0. The number of nitrogens with zero attached hydrogens (tertiary/aromatic N) is 2. The monoisotopic (exact) mass is 403 g/mol. The Balaban J connectivity index is 1.28. The summed E-state index contributed by atoms with van der Waals surface area (Å²) >= 11 is 0. The van der Waals surface area contributed by atoms with E-state index in [1.807, 2.05) is 48.5 Å². The van der Waals surface area contributed by atoms with Crippen LogP contribution in [-0.2, 0) is 13.0 Å². The fourth-order valence-electron chi connectivity index (χ4n) is 4.06. The van der Waals surface area contributed by atoms with Gasteiger partial charge in [0.15, 0.2) is 5.76 Å². The van der Waals surface area contributed by atoms with Crippen molar-refractivity contribution in [3.05, 3.63) is 77.7 Å². The Hall–Kier alpha value is -2.92. The standard InChI is InChI=1S/C25H29N3O2/c1-2-23-15-24(30-27-23)18-28-14-6-7-19(17-28)16-26-25(29)22-12-10-21(11-13-22)20-8-4-3-5-9-20/h3-5,8-13,15,19H,2,6-7,14,16-18H2,1H3,(H,26,29)/t19-/m1/s1. The van der Waals surface area contributed by atoms with Crippen LogP contribution in [0.2, 0.25) is 0 Å².